The Kier molecular flexibility index (Phi) is 8.50. The number of carbonyl (C=O) groups is 1. The number of unbranched alkanes of at least 4 members (excludes halogenated alkanes) is 1. The summed E-state index contributed by atoms with van der Waals surface area (Å²) in [4.78, 5) is 41.4. The van der Waals surface area contributed by atoms with Crippen molar-refractivity contribution in [3.05, 3.63) is 40.3 Å². The number of ether oxygens (including phenoxy) is 1. The third-order valence-corrected chi connectivity index (χ3v) is 9.05. The number of benzene rings is 1. The van der Waals surface area contributed by atoms with Crippen molar-refractivity contribution in [1.82, 2.24) is 29.7 Å². The van der Waals surface area contributed by atoms with E-state index in [2.05, 4.69) is 57.6 Å². The molecule has 3 aliphatic rings. The van der Waals surface area contributed by atoms with Crippen LogP contribution in [0, 0.1) is 5.92 Å². The van der Waals surface area contributed by atoms with Crippen molar-refractivity contribution in [3.63, 3.8) is 0 Å². The van der Waals surface area contributed by atoms with E-state index >= 15 is 0 Å². The van der Waals surface area contributed by atoms with E-state index in [0.717, 1.165) is 99.5 Å². The Labute approximate surface area is 241 Å². The zero-order valence-electron chi connectivity index (χ0n) is 24.4. The number of hydrogen-bond donors (Lipinski definition) is 2. The average Bonchev–Trinajstić information content (AvgIpc) is 2.97. The van der Waals surface area contributed by atoms with Gasteiger partial charge in [0.05, 0.1) is 19.3 Å². The SMILES string of the molecule is CCCCNc1ncc2c3ccc(CN4CCN(C)CC4)cc3c(=O)n([C@H]3CC[C@H](C(=O)NC4COC4)CC3)c2n1. The van der Waals surface area contributed by atoms with Crippen LogP contribution in [0.4, 0.5) is 5.95 Å². The molecular weight excluding hydrogens is 518 g/mol. The van der Waals surface area contributed by atoms with Crippen molar-refractivity contribution in [3.8, 4) is 0 Å². The summed E-state index contributed by atoms with van der Waals surface area (Å²) >= 11 is 0. The third kappa shape index (κ3) is 6.10. The standard InChI is InChI=1S/C31H43N7O3/c1-3-4-11-32-31-33-17-27-25-10-5-21(18-37-14-12-36(2)13-15-37)16-26(25)30(40)38(28(27)35-31)24-8-6-22(7-9-24)29(39)34-23-19-41-20-23/h5,10,16-17,22-24H,3-4,6-9,11-15,18-20H2,1-2H3,(H,34,39)(H,32,33,35)/t22-,24-. The second kappa shape index (κ2) is 12.4. The van der Waals surface area contributed by atoms with Gasteiger partial charge >= 0.3 is 0 Å². The van der Waals surface area contributed by atoms with Gasteiger partial charge < -0.3 is 20.3 Å². The van der Waals surface area contributed by atoms with Gasteiger partial charge in [-0.2, -0.15) is 4.98 Å². The molecule has 0 radical (unpaired) electrons. The Hall–Kier alpha value is -3.08. The van der Waals surface area contributed by atoms with Gasteiger partial charge in [-0.1, -0.05) is 25.5 Å². The molecule has 0 atom stereocenters. The number of pyridine rings is 1. The summed E-state index contributed by atoms with van der Waals surface area (Å²) in [5, 5.41) is 8.97. The molecular formula is C31H43N7O3. The quantitative estimate of drug-likeness (QED) is 0.303. The summed E-state index contributed by atoms with van der Waals surface area (Å²) in [7, 11) is 2.16. The highest BCUT2D eigenvalue weighted by Gasteiger charge is 2.31. The summed E-state index contributed by atoms with van der Waals surface area (Å²) in [5.74, 6) is 0.650. The Morgan fingerprint density at radius 3 is 2.54 bits per heavy atom. The van der Waals surface area contributed by atoms with Crippen LogP contribution in [0.1, 0.15) is 57.1 Å². The summed E-state index contributed by atoms with van der Waals surface area (Å²) in [6, 6.07) is 6.44. The molecule has 10 nitrogen and oxygen atoms in total. The first-order valence-corrected chi connectivity index (χ1v) is 15.4. The fourth-order valence-electron chi connectivity index (χ4n) is 6.37. The highest BCUT2D eigenvalue weighted by atomic mass is 16.5. The van der Waals surface area contributed by atoms with Crippen LogP contribution < -0.4 is 16.2 Å². The smallest absolute Gasteiger partial charge is 0.260 e. The van der Waals surface area contributed by atoms with E-state index in [9.17, 15) is 9.59 Å². The predicted octanol–water partition coefficient (Wildman–Crippen LogP) is 3.15. The normalized spacial score (nSPS) is 22.6. The van der Waals surface area contributed by atoms with Crippen molar-refractivity contribution in [1.29, 1.82) is 0 Å². The number of amides is 1. The first kappa shape index (κ1) is 28.1. The predicted molar refractivity (Wildman–Crippen MR) is 161 cm³/mol. The fraction of sp³-hybridized carbons (Fsp3) is 0.613. The third-order valence-electron chi connectivity index (χ3n) is 9.05. The lowest BCUT2D eigenvalue weighted by atomic mass is 9.85. The van der Waals surface area contributed by atoms with Gasteiger partial charge in [-0.05, 0) is 56.2 Å². The van der Waals surface area contributed by atoms with Gasteiger partial charge in [-0.25, -0.2) is 4.98 Å². The van der Waals surface area contributed by atoms with Crippen molar-refractivity contribution in [2.24, 2.45) is 5.92 Å². The maximum absolute atomic E-state index is 14.3. The van der Waals surface area contributed by atoms with E-state index in [1.165, 1.54) is 0 Å². The van der Waals surface area contributed by atoms with Crippen LogP contribution in [0.25, 0.3) is 21.8 Å². The minimum absolute atomic E-state index is 0.00505. The van der Waals surface area contributed by atoms with E-state index in [1.54, 1.807) is 0 Å². The number of aromatic nitrogens is 3. The molecule has 2 N–H and O–H groups in total. The second-order valence-electron chi connectivity index (χ2n) is 12.1. The zero-order chi connectivity index (χ0) is 28.3. The molecule has 220 valence electrons. The minimum Gasteiger partial charge on any atom is -0.377 e. The number of rotatable bonds is 9. The number of carbonyl (C=O) groups excluding carboxylic acids is 1. The minimum atomic E-state index is -0.0228. The van der Waals surface area contributed by atoms with Crippen LogP contribution in [-0.4, -0.2) is 89.3 Å². The largest absolute Gasteiger partial charge is 0.377 e. The van der Waals surface area contributed by atoms with Gasteiger partial charge in [-0.15, -0.1) is 0 Å². The van der Waals surface area contributed by atoms with E-state index in [4.69, 9.17) is 9.72 Å². The molecule has 3 fully saturated rings. The summed E-state index contributed by atoms with van der Waals surface area (Å²) < 4.78 is 7.12. The highest BCUT2D eigenvalue weighted by molar-refractivity contribution is 6.04. The van der Waals surface area contributed by atoms with Gasteiger partial charge in [0, 0.05) is 68.2 Å². The average molecular weight is 562 g/mol. The van der Waals surface area contributed by atoms with Crippen LogP contribution in [0.5, 0.6) is 0 Å². The highest BCUT2D eigenvalue weighted by Crippen LogP contribution is 2.35. The van der Waals surface area contributed by atoms with E-state index in [0.29, 0.717) is 24.8 Å². The van der Waals surface area contributed by atoms with Gasteiger partial charge in [0.2, 0.25) is 11.9 Å². The molecule has 2 aliphatic heterocycles. The van der Waals surface area contributed by atoms with E-state index < -0.39 is 0 Å². The van der Waals surface area contributed by atoms with Gasteiger partial charge in [0.25, 0.3) is 5.56 Å². The van der Waals surface area contributed by atoms with Gasteiger partial charge in [-0.3, -0.25) is 19.1 Å². The van der Waals surface area contributed by atoms with Crippen LogP contribution >= 0.6 is 0 Å². The number of hydrogen-bond acceptors (Lipinski definition) is 8. The molecule has 2 aromatic heterocycles. The molecule has 2 saturated heterocycles. The molecule has 1 aliphatic carbocycles. The van der Waals surface area contributed by atoms with Crippen molar-refractivity contribution < 1.29 is 9.53 Å². The zero-order valence-corrected chi connectivity index (χ0v) is 24.4. The topological polar surface area (TPSA) is 105 Å². The lowest BCUT2D eigenvalue weighted by Crippen LogP contribution is -2.50. The number of nitrogens with one attached hydrogen (secondary N) is 2. The summed E-state index contributed by atoms with van der Waals surface area (Å²) in [5.41, 5.74) is 1.84. The molecule has 10 heteroatoms. The van der Waals surface area contributed by atoms with Crippen LogP contribution in [0.15, 0.2) is 29.2 Å². The molecule has 6 rings (SSSR count). The fourth-order valence-corrected chi connectivity index (χ4v) is 6.37. The lowest BCUT2D eigenvalue weighted by Gasteiger charge is -2.33. The van der Waals surface area contributed by atoms with Crippen LogP contribution in [0.3, 0.4) is 0 Å². The monoisotopic (exact) mass is 561 g/mol. The number of nitrogens with zero attached hydrogens (tertiary/aromatic N) is 5. The number of piperazine rings is 1. The first-order chi connectivity index (χ1) is 20.0. The molecule has 1 amide bonds. The van der Waals surface area contributed by atoms with Crippen LogP contribution in [-0.2, 0) is 16.1 Å². The van der Waals surface area contributed by atoms with E-state index in [-0.39, 0.29) is 29.5 Å². The molecule has 4 heterocycles. The number of likely N-dealkylation sites (N-methyl/N-ethyl adjacent to an activating group) is 1. The van der Waals surface area contributed by atoms with Gasteiger partial charge in [0.1, 0.15) is 5.65 Å². The van der Waals surface area contributed by atoms with Crippen molar-refractivity contribution in [2.75, 3.05) is 58.3 Å². The summed E-state index contributed by atoms with van der Waals surface area (Å²) in [6.45, 7) is 9.17. The number of anilines is 1. The van der Waals surface area contributed by atoms with Crippen molar-refractivity contribution in [2.45, 2.75) is 64.1 Å². The summed E-state index contributed by atoms with van der Waals surface area (Å²) in [6.07, 6.45) is 7.03. The number of fused-ring (bicyclic) bond motifs is 3. The lowest BCUT2D eigenvalue weighted by molar-refractivity contribution is -0.130. The molecule has 1 aromatic carbocycles. The van der Waals surface area contributed by atoms with Crippen LogP contribution in [0.2, 0.25) is 0 Å². The molecule has 0 bridgehead atoms. The Morgan fingerprint density at radius 1 is 1.05 bits per heavy atom. The maximum atomic E-state index is 14.3. The first-order valence-electron chi connectivity index (χ1n) is 15.4. The van der Waals surface area contributed by atoms with Gasteiger partial charge in [0.15, 0.2) is 0 Å². The van der Waals surface area contributed by atoms with Crippen molar-refractivity contribution >= 4 is 33.7 Å². The molecule has 41 heavy (non-hydrogen) atoms. The molecule has 0 spiro atoms. The Morgan fingerprint density at radius 2 is 1.83 bits per heavy atom. The molecule has 3 aromatic rings. The maximum Gasteiger partial charge on any atom is 0.260 e. The van der Waals surface area contributed by atoms with E-state index in [1.807, 2.05) is 10.8 Å². The molecule has 0 unspecified atom stereocenters. The Bertz CT molecular complexity index is 1440. The molecule has 1 saturated carbocycles. The second-order valence-corrected chi connectivity index (χ2v) is 12.1. The Balaban J connectivity index is 1.32.